The van der Waals surface area contributed by atoms with Gasteiger partial charge in [0.1, 0.15) is 5.82 Å². The van der Waals surface area contributed by atoms with Crippen LogP contribution in [0.15, 0.2) is 24.3 Å². The average Bonchev–Trinajstić information content (AvgIpc) is 2.68. The zero-order chi connectivity index (χ0) is 19.4. The molecule has 2 atom stereocenters. The molecular weight excluding hydrogens is 351 g/mol. The molecule has 0 spiro atoms. The summed E-state index contributed by atoms with van der Waals surface area (Å²) in [6, 6.07) is 6.25. The Kier molecular flexibility index (Phi) is 6.31. The summed E-state index contributed by atoms with van der Waals surface area (Å²) in [5, 5.41) is 12.1. The van der Waals surface area contributed by atoms with Gasteiger partial charge in [0.05, 0.1) is 12.0 Å². The summed E-state index contributed by atoms with van der Waals surface area (Å²) in [5.41, 5.74) is 0.918. The first-order valence-electron chi connectivity index (χ1n) is 9.57. The molecule has 1 aromatic carbocycles. The Balaban J connectivity index is 1.52. The zero-order valence-corrected chi connectivity index (χ0v) is 15.6. The topological polar surface area (TPSA) is 78.9 Å². The third kappa shape index (κ3) is 4.97. The number of aliphatic carboxylic acids is 1. The minimum atomic E-state index is -0.745. The number of halogens is 1. The smallest absolute Gasteiger partial charge is 0.317 e. The normalized spacial score (nSPS) is 28.4. The summed E-state index contributed by atoms with van der Waals surface area (Å²) in [5.74, 6) is -1.31. The predicted octanol–water partition coefficient (Wildman–Crippen LogP) is 3.33. The molecule has 2 N–H and O–H groups in total. The molecule has 1 saturated heterocycles. The molecule has 1 aromatic rings. The van der Waals surface area contributed by atoms with Crippen LogP contribution in [0.2, 0.25) is 0 Å². The van der Waals surface area contributed by atoms with Crippen molar-refractivity contribution in [2.24, 2.45) is 5.92 Å². The van der Waals surface area contributed by atoms with Gasteiger partial charge in [-0.2, -0.15) is 0 Å². The average molecular weight is 378 g/mol. The van der Waals surface area contributed by atoms with E-state index >= 15 is 0 Å². The lowest BCUT2D eigenvalue weighted by atomic mass is 9.86. The van der Waals surface area contributed by atoms with Crippen LogP contribution in [0, 0.1) is 11.7 Å². The fraction of sp³-hybridized carbons (Fsp3) is 0.600. The molecule has 0 aromatic heterocycles. The van der Waals surface area contributed by atoms with Gasteiger partial charge in [-0.15, -0.1) is 0 Å². The SMILES string of the molecule is CN(C(=O)NC1CCC(C(=O)O)CC1)C1CCOC(c2ccc(F)cc2)C1. The number of hydrogen-bond acceptors (Lipinski definition) is 3. The summed E-state index contributed by atoms with van der Waals surface area (Å²) in [6.45, 7) is 0.550. The Hall–Kier alpha value is -2.15. The molecule has 2 amide bonds. The van der Waals surface area contributed by atoms with Crippen molar-refractivity contribution in [3.05, 3.63) is 35.6 Å². The molecule has 2 aliphatic rings. The Morgan fingerprint density at radius 2 is 1.81 bits per heavy atom. The minimum absolute atomic E-state index is 0.0308. The highest BCUT2D eigenvalue weighted by Crippen LogP contribution is 2.31. The van der Waals surface area contributed by atoms with E-state index in [0.29, 0.717) is 38.7 Å². The molecule has 148 valence electrons. The van der Waals surface area contributed by atoms with Crippen LogP contribution in [0.5, 0.6) is 0 Å². The van der Waals surface area contributed by atoms with Crippen LogP contribution in [0.25, 0.3) is 0 Å². The maximum atomic E-state index is 13.1. The lowest BCUT2D eigenvalue weighted by Gasteiger charge is -2.37. The minimum Gasteiger partial charge on any atom is -0.481 e. The van der Waals surface area contributed by atoms with E-state index in [1.54, 1.807) is 24.1 Å². The van der Waals surface area contributed by atoms with Crippen LogP contribution in [0.1, 0.15) is 50.2 Å². The second-order valence-electron chi connectivity index (χ2n) is 7.54. The molecular formula is C20H27FN2O4. The molecule has 1 saturated carbocycles. The van der Waals surface area contributed by atoms with Crippen LogP contribution < -0.4 is 5.32 Å². The van der Waals surface area contributed by atoms with Gasteiger partial charge in [-0.1, -0.05) is 12.1 Å². The molecule has 27 heavy (non-hydrogen) atoms. The molecule has 6 nitrogen and oxygen atoms in total. The van der Waals surface area contributed by atoms with Gasteiger partial charge < -0.3 is 20.1 Å². The highest BCUT2D eigenvalue weighted by atomic mass is 19.1. The second-order valence-corrected chi connectivity index (χ2v) is 7.54. The van der Waals surface area contributed by atoms with Crippen molar-refractivity contribution < 1.29 is 23.8 Å². The van der Waals surface area contributed by atoms with Crippen LogP contribution in [-0.4, -0.2) is 47.7 Å². The quantitative estimate of drug-likeness (QED) is 0.842. The van der Waals surface area contributed by atoms with E-state index in [1.807, 2.05) is 0 Å². The first-order chi connectivity index (χ1) is 12.9. The Labute approximate surface area is 158 Å². The third-order valence-electron chi connectivity index (χ3n) is 5.77. The summed E-state index contributed by atoms with van der Waals surface area (Å²) >= 11 is 0. The van der Waals surface area contributed by atoms with Gasteiger partial charge in [-0.05, 0) is 56.2 Å². The van der Waals surface area contributed by atoms with Crippen LogP contribution in [0.3, 0.4) is 0 Å². The summed E-state index contributed by atoms with van der Waals surface area (Å²) in [6.07, 6.45) is 3.88. The largest absolute Gasteiger partial charge is 0.481 e. The highest BCUT2D eigenvalue weighted by molar-refractivity contribution is 5.74. The first-order valence-corrected chi connectivity index (χ1v) is 9.57. The Morgan fingerprint density at radius 1 is 1.15 bits per heavy atom. The molecule has 2 fully saturated rings. The van der Waals surface area contributed by atoms with E-state index in [0.717, 1.165) is 12.0 Å². The van der Waals surface area contributed by atoms with E-state index in [9.17, 15) is 14.0 Å². The standard InChI is InChI=1S/C20H27FN2O4/c1-23(20(26)22-16-8-4-14(5-9-16)19(24)25)17-10-11-27-18(12-17)13-2-6-15(21)7-3-13/h2-3,6-7,14,16-18H,4-5,8-12H2,1H3,(H,22,26)(H,24,25). The van der Waals surface area contributed by atoms with E-state index in [2.05, 4.69) is 5.32 Å². The number of hydrogen-bond donors (Lipinski definition) is 2. The summed E-state index contributed by atoms with van der Waals surface area (Å²) < 4.78 is 18.9. The molecule has 1 aliphatic heterocycles. The molecule has 3 rings (SSSR count). The number of ether oxygens (including phenoxy) is 1. The number of carboxylic acids is 1. The number of urea groups is 1. The van der Waals surface area contributed by atoms with Gasteiger partial charge in [-0.25, -0.2) is 9.18 Å². The zero-order valence-electron chi connectivity index (χ0n) is 15.6. The van der Waals surface area contributed by atoms with Crippen molar-refractivity contribution >= 4 is 12.0 Å². The number of amides is 2. The Morgan fingerprint density at radius 3 is 2.44 bits per heavy atom. The van der Waals surface area contributed by atoms with Crippen molar-refractivity contribution in [3.63, 3.8) is 0 Å². The van der Waals surface area contributed by atoms with Crippen LogP contribution >= 0.6 is 0 Å². The molecule has 0 bridgehead atoms. The summed E-state index contributed by atoms with van der Waals surface area (Å²) in [7, 11) is 1.79. The molecule has 0 radical (unpaired) electrons. The fourth-order valence-electron chi connectivity index (χ4n) is 3.97. The van der Waals surface area contributed by atoms with Crippen molar-refractivity contribution in [1.82, 2.24) is 10.2 Å². The lowest BCUT2D eigenvalue weighted by molar-refractivity contribution is -0.142. The fourth-order valence-corrected chi connectivity index (χ4v) is 3.97. The van der Waals surface area contributed by atoms with Gasteiger partial charge in [0, 0.05) is 25.7 Å². The maximum Gasteiger partial charge on any atom is 0.317 e. The predicted molar refractivity (Wildman–Crippen MR) is 97.8 cm³/mol. The number of benzene rings is 1. The number of nitrogens with zero attached hydrogens (tertiary/aromatic N) is 1. The highest BCUT2D eigenvalue weighted by Gasteiger charge is 2.31. The van der Waals surface area contributed by atoms with E-state index in [1.165, 1.54) is 12.1 Å². The van der Waals surface area contributed by atoms with Gasteiger partial charge in [0.25, 0.3) is 0 Å². The second kappa shape index (κ2) is 8.69. The van der Waals surface area contributed by atoms with Gasteiger partial charge in [-0.3, -0.25) is 4.79 Å². The van der Waals surface area contributed by atoms with Crippen molar-refractivity contribution in [3.8, 4) is 0 Å². The number of carbonyl (C=O) groups is 2. The van der Waals surface area contributed by atoms with E-state index in [-0.39, 0.29) is 36.0 Å². The van der Waals surface area contributed by atoms with Crippen molar-refractivity contribution in [2.45, 2.75) is 56.7 Å². The summed E-state index contributed by atoms with van der Waals surface area (Å²) in [4.78, 5) is 25.4. The third-order valence-corrected chi connectivity index (χ3v) is 5.77. The van der Waals surface area contributed by atoms with Crippen LogP contribution in [0.4, 0.5) is 9.18 Å². The van der Waals surface area contributed by atoms with Gasteiger partial charge >= 0.3 is 12.0 Å². The molecule has 2 unspecified atom stereocenters. The van der Waals surface area contributed by atoms with E-state index in [4.69, 9.17) is 9.84 Å². The molecule has 7 heteroatoms. The number of nitrogens with one attached hydrogen (secondary N) is 1. The molecule has 1 heterocycles. The molecule has 1 aliphatic carbocycles. The monoisotopic (exact) mass is 378 g/mol. The number of rotatable bonds is 4. The van der Waals surface area contributed by atoms with E-state index < -0.39 is 5.97 Å². The number of carbonyl (C=O) groups excluding carboxylic acids is 1. The Bertz CT molecular complexity index is 658. The van der Waals surface area contributed by atoms with Crippen molar-refractivity contribution in [1.29, 1.82) is 0 Å². The maximum absolute atomic E-state index is 13.1. The van der Waals surface area contributed by atoms with Crippen molar-refractivity contribution in [2.75, 3.05) is 13.7 Å². The van der Waals surface area contributed by atoms with Gasteiger partial charge in [0.2, 0.25) is 0 Å². The first kappa shape index (κ1) is 19.6. The lowest BCUT2D eigenvalue weighted by Crippen LogP contribution is -2.50. The number of carboxylic acid groups (broad SMARTS) is 1. The van der Waals surface area contributed by atoms with Crippen LogP contribution in [-0.2, 0) is 9.53 Å². The van der Waals surface area contributed by atoms with Gasteiger partial charge in [0.15, 0.2) is 0 Å².